The first-order chi connectivity index (χ1) is 12.4. The Morgan fingerprint density at radius 2 is 2.00 bits per heavy atom. The topological polar surface area (TPSA) is 111 Å². The van der Waals surface area contributed by atoms with Crippen LogP contribution < -0.4 is 11.1 Å². The van der Waals surface area contributed by atoms with Gasteiger partial charge in [0.25, 0.3) is 5.91 Å². The Balaban J connectivity index is 1.75. The Labute approximate surface area is 154 Å². The molecule has 2 aromatic rings. The highest BCUT2D eigenvalue weighted by Gasteiger charge is 2.44. The smallest absolute Gasteiger partial charge is 0.318 e. The zero-order chi connectivity index (χ0) is 18.7. The number of urea groups is 1. The number of nitrogens with one attached hydrogen (secondary N) is 1. The lowest BCUT2D eigenvalue weighted by atomic mass is 9.83. The lowest BCUT2D eigenvalue weighted by Gasteiger charge is -2.27. The summed E-state index contributed by atoms with van der Waals surface area (Å²) in [6, 6.07) is 6.88. The number of aromatic nitrogens is 1. The normalized spacial score (nSPS) is 17.0. The van der Waals surface area contributed by atoms with Crippen molar-refractivity contribution in [1.82, 2.24) is 10.3 Å². The van der Waals surface area contributed by atoms with E-state index in [0.29, 0.717) is 19.3 Å². The van der Waals surface area contributed by atoms with E-state index in [4.69, 9.17) is 10.5 Å². The second kappa shape index (κ2) is 7.41. The number of carbonyl (C=O) groups is 3. The van der Waals surface area contributed by atoms with Gasteiger partial charge >= 0.3 is 12.0 Å². The molecule has 1 aliphatic rings. The Bertz CT molecular complexity index is 809. The monoisotopic (exact) mass is 375 g/mol. The van der Waals surface area contributed by atoms with E-state index in [0.717, 1.165) is 28.1 Å². The fourth-order valence-electron chi connectivity index (χ4n) is 3.35. The van der Waals surface area contributed by atoms with Crippen molar-refractivity contribution < 1.29 is 19.1 Å². The maximum atomic E-state index is 12.8. The van der Waals surface area contributed by atoms with Gasteiger partial charge in [-0.3, -0.25) is 14.9 Å². The number of benzene rings is 1. The minimum absolute atomic E-state index is 0.415. The van der Waals surface area contributed by atoms with Crippen molar-refractivity contribution >= 4 is 39.5 Å². The van der Waals surface area contributed by atoms with Gasteiger partial charge in [-0.2, -0.15) is 0 Å². The largest absolute Gasteiger partial charge is 0.452 e. The van der Waals surface area contributed by atoms with Gasteiger partial charge in [-0.1, -0.05) is 25.0 Å². The lowest BCUT2D eigenvalue weighted by molar-refractivity contribution is -0.164. The zero-order valence-corrected chi connectivity index (χ0v) is 15.3. The summed E-state index contributed by atoms with van der Waals surface area (Å²) >= 11 is 1.57. The molecule has 3 rings (SSSR count). The Hall–Kier alpha value is -2.48. The van der Waals surface area contributed by atoms with E-state index in [-0.39, 0.29) is 0 Å². The first-order valence-electron chi connectivity index (χ1n) is 8.55. The van der Waals surface area contributed by atoms with E-state index in [9.17, 15) is 14.4 Å². The molecular formula is C18H21N3O4S. The van der Waals surface area contributed by atoms with Crippen LogP contribution in [0.1, 0.15) is 37.6 Å². The molecule has 3 N–H and O–H groups in total. The quantitative estimate of drug-likeness (QED) is 0.780. The van der Waals surface area contributed by atoms with Crippen LogP contribution in [0.15, 0.2) is 24.3 Å². The maximum Gasteiger partial charge on any atom is 0.318 e. The van der Waals surface area contributed by atoms with Crippen molar-refractivity contribution in [2.45, 2.75) is 45.1 Å². The first kappa shape index (κ1) is 18.3. The van der Waals surface area contributed by atoms with Gasteiger partial charge < -0.3 is 10.5 Å². The van der Waals surface area contributed by atoms with Crippen LogP contribution in [0.4, 0.5) is 4.79 Å². The second-order valence-electron chi connectivity index (χ2n) is 6.64. The van der Waals surface area contributed by atoms with Gasteiger partial charge in [-0.15, -0.1) is 11.3 Å². The molecule has 0 spiro atoms. The highest BCUT2D eigenvalue weighted by atomic mass is 32.1. The van der Waals surface area contributed by atoms with Crippen molar-refractivity contribution in [2.24, 2.45) is 11.1 Å². The van der Waals surface area contributed by atoms with Crippen LogP contribution in [-0.2, 0) is 20.7 Å². The van der Waals surface area contributed by atoms with Crippen LogP contribution >= 0.6 is 11.3 Å². The molecule has 0 saturated heterocycles. The molecule has 0 radical (unpaired) electrons. The third kappa shape index (κ3) is 3.85. The van der Waals surface area contributed by atoms with Crippen LogP contribution in [0.25, 0.3) is 10.2 Å². The summed E-state index contributed by atoms with van der Waals surface area (Å²) in [5.74, 6) is -1.14. The summed E-state index contributed by atoms with van der Waals surface area (Å²) in [7, 11) is 0. The van der Waals surface area contributed by atoms with Crippen molar-refractivity contribution in [3.63, 3.8) is 0 Å². The molecular weight excluding hydrogens is 354 g/mol. The zero-order valence-electron chi connectivity index (χ0n) is 14.5. The molecule has 0 unspecified atom stereocenters. The molecule has 1 aromatic heterocycles. The van der Waals surface area contributed by atoms with Gasteiger partial charge in [0, 0.05) is 6.42 Å². The number of primary amides is 1. The average Bonchev–Trinajstić information content (AvgIpc) is 3.21. The highest BCUT2D eigenvalue weighted by Crippen LogP contribution is 2.43. The molecule has 1 aliphatic carbocycles. The van der Waals surface area contributed by atoms with Gasteiger partial charge in [-0.25, -0.2) is 9.78 Å². The van der Waals surface area contributed by atoms with E-state index in [2.05, 4.69) is 4.98 Å². The molecule has 1 atom stereocenters. The molecule has 7 nitrogen and oxygen atoms in total. The fraction of sp³-hybridized carbons (Fsp3) is 0.444. The third-order valence-electron chi connectivity index (χ3n) is 4.72. The average molecular weight is 375 g/mol. The number of hydrogen-bond acceptors (Lipinski definition) is 6. The number of imide groups is 1. The van der Waals surface area contributed by atoms with Crippen molar-refractivity contribution in [3.05, 3.63) is 29.3 Å². The van der Waals surface area contributed by atoms with Crippen molar-refractivity contribution in [3.8, 4) is 0 Å². The second-order valence-corrected chi connectivity index (χ2v) is 7.76. The predicted molar refractivity (Wildman–Crippen MR) is 97.5 cm³/mol. The number of esters is 1. The lowest BCUT2D eigenvalue weighted by Crippen LogP contribution is -2.44. The first-order valence-corrected chi connectivity index (χ1v) is 9.37. The molecule has 1 aromatic carbocycles. The summed E-state index contributed by atoms with van der Waals surface area (Å²) in [6.07, 6.45) is 2.68. The molecule has 3 amide bonds. The van der Waals surface area contributed by atoms with E-state index in [1.54, 1.807) is 11.3 Å². The summed E-state index contributed by atoms with van der Waals surface area (Å²) in [6.45, 7) is 1.43. The van der Waals surface area contributed by atoms with Crippen molar-refractivity contribution in [1.29, 1.82) is 0 Å². The predicted octanol–water partition coefficient (Wildman–Crippen LogP) is 2.53. The van der Waals surface area contributed by atoms with Crippen LogP contribution in [0.2, 0.25) is 0 Å². The number of thiazole rings is 1. The van der Waals surface area contributed by atoms with E-state index >= 15 is 0 Å². The Kier molecular flexibility index (Phi) is 5.22. The molecule has 8 heteroatoms. The molecule has 26 heavy (non-hydrogen) atoms. The van der Waals surface area contributed by atoms with Gasteiger partial charge in [0.15, 0.2) is 6.10 Å². The van der Waals surface area contributed by atoms with E-state index < -0.39 is 29.4 Å². The minimum atomic E-state index is -1.08. The molecule has 138 valence electrons. The maximum absolute atomic E-state index is 12.8. The fourth-order valence-corrected chi connectivity index (χ4v) is 4.46. The molecule has 1 saturated carbocycles. The molecule has 1 fully saturated rings. The van der Waals surface area contributed by atoms with Gasteiger partial charge in [-0.05, 0) is 31.9 Å². The summed E-state index contributed by atoms with van der Waals surface area (Å²) < 4.78 is 6.45. The standard InChI is InChI=1S/C18H21N3O4S/c1-11(15(22)21-17(19)24)25-16(23)18(8-4-5-9-18)10-14-20-12-6-2-3-7-13(12)26-14/h2-3,6-7,11H,4-5,8-10H2,1H3,(H3,19,21,22,24)/t11-/m0/s1. The summed E-state index contributed by atoms with van der Waals surface area (Å²) in [5.41, 5.74) is 5.18. The number of nitrogens with zero attached hydrogens (tertiary/aromatic N) is 1. The van der Waals surface area contributed by atoms with Gasteiger partial charge in [0.2, 0.25) is 0 Å². The van der Waals surface area contributed by atoms with Crippen LogP contribution in [0.5, 0.6) is 0 Å². The Morgan fingerprint density at radius 1 is 1.31 bits per heavy atom. The number of nitrogens with two attached hydrogens (primary N) is 1. The van der Waals surface area contributed by atoms with Gasteiger partial charge in [0.05, 0.1) is 20.6 Å². The number of amides is 3. The number of hydrogen-bond donors (Lipinski definition) is 2. The number of para-hydroxylation sites is 1. The van der Waals surface area contributed by atoms with Crippen LogP contribution in [-0.4, -0.2) is 29.0 Å². The number of ether oxygens (including phenoxy) is 1. The molecule has 1 heterocycles. The molecule has 0 bridgehead atoms. The SMILES string of the molecule is C[C@H](OC(=O)C1(Cc2nc3ccccc3s2)CCCC1)C(=O)NC(N)=O. The summed E-state index contributed by atoms with van der Waals surface area (Å²) in [5, 5.41) is 2.82. The van der Waals surface area contributed by atoms with Crippen molar-refractivity contribution in [2.75, 3.05) is 0 Å². The molecule has 0 aliphatic heterocycles. The van der Waals surface area contributed by atoms with Crippen LogP contribution in [0.3, 0.4) is 0 Å². The number of fused-ring (bicyclic) bond motifs is 1. The van der Waals surface area contributed by atoms with Crippen LogP contribution in [0, 0.1) is 5.41 Å². The number of rotatable bonds is 5. The van der Waals surface area contributed by atoms with E-state index in [1.165, 1.54) is 6.92 Å². The third-order valence-corrected chi connectivity index (χ3v) is 5.76. The Morgan fingerprint density at radius 3 is 2.65 bits per heavy atom. The highest BCUT2D eigenvalue weighted by molar-refractivity contribution is 7.18. The van der Waals surface area contributed by atoms with E-state index in [1.807, 2.05) is 29.6 Å². The number of carbonyl (C=O) groups excluding carboxylic acids is 3. The van der Waals surface area contributed by atoms with Gasteiger partial charge in [0.1, 0.15) is 0 Å². The minimum Gasteiger partial charge on any atom is -0.452 e. The summed E-state index contributed by atoms with van der Waals surface area (Å²) in [4.78, 5) is 40.0.